The van der Waals surface area contributed by atoms with Crippen LogP contribution in [-0.4, -0.2) is 31.7 Å². The molecule has 0 spiro atoms. The van der Waals surface area contributed by atoms with Crippen molar-refractivity contribution < 1.29 is 13.2 Å². The molecule has 2 heterocycles. The van der Waals surface area contributed by atoms with Crippen LogP contribution in [-0.2, 0) is 14.8 Å². The maximum absolute atomic E-state index is 12.3. The van der Waals surface area contributed by atoms with Crippen LogP contribution in [0.25, 0.3) is 10.9 Å². The van der Waals surface area contributed by atoms with E-state index in [0.717, 1.165) is 10.9 Å². The van der Waals surface area contributed by atoms with Gasteiger partial charge in [-0.2, -0.15) is 0 Å². The molecule has 1 aromatic heterocycles. The van der Waals surface area contributed by atoms with E-state index < -0.39 is 10.0 Å². The van der Waals surface area contributed by atoms with Crippen molar-refractivity contribution in [3.05, 3.63) is 66.4 Å². The van der Waals surface area contributed by atoms with E-state index in [-0.39, 0.29) is 29.6 Å². The van der Waals surface area contributed by atoms with E-state index in [1.54, 1.807) is 30.5 Å². The van der Waals surface area contributed by atoms with Crippen molar-refractivity contribution >= 4 is 38.4 Å². The molecular weight excluding hydrogens is 364 g/mol. The van der Waals surface area contributed by atoms with E-state index in [1.165, 1.54) is 6.07 Å². The van der Waals surface area contributed by atoms with E-state index in [1.807, 2.05) is 24.3 Å². The zero-order valence-electron chi connectivity index (χ0n) is 14.2. The van der Waals surface area contributed by atoms with Crippen LogP contribution in [0.5, 0.6) is 0 Å². The van der Waals surface area contributed by atoms with Crippen molar-refractivity contribution in [3.63, 3.8) is 0 Å². The molecule has 0 bridgehead atoms. The zero-order chi connectivity index (χ0) is 18.9. The summed E-state index contributed by atoms with van der Waals surface area (Å²) in [4.78, 5) is 21.0. The minimum atomic E-state index is -3.57. The monoisotopic (exact) mass is 380 g/mol. The van der Waals surface area contributed by atoms with Gasteiger partial charge < -0.3 is 5.32 Å². The highest BCUT2D eigenvalue weighted by Crippen LogP contribution is 2.22. The summed E-state index contributed by atoms with van der Waals surface area (Å²) in [5, 5.41) is 3.77. The average molecular weight is 380 g/mol. The Kier molecular flexibility index (Phi) is 4.33. The van der Waals surface area contributed by atoms with E-state index in [9.17, 15) is 13.2 Å². The van der Waals surface area contributed by atoms with E-state index >= 15 is 0 Å². The number of anilines is 1. The van der Waals surface area contributed by atoms with Crippen LogP contribution in [0.4, 0.5) is 5.69 Å². The first-order valence-corrected chi connectivity index (χ1v) is 9.83. The van der Waals surface area contributed by atoms with Gasteiger partial charge in [0.25, 0.3) is 10.0 Å². The number of fused-ring (bicyclic) bond motifs is 2. The molecule has 1 aliphatic heterocycles. The van der Waals surface area contributed by atoms with Gasteiger partial charge in [0.1, 0.15) is 5.84 Å². The molecule has 136 valence electrons. The first kappa shape index (κ1) is 17.2. The first-order valence-electron chi connectivity index (χ1n) is 8.35. The Bertz CT molecular complexity index is 1170. The highest BCUT2D eigenvalue weighted by Gasteiger charge is 2.29. The van der Waals surface area contributed by atoms with Crippen molar-refractivity contribution in [2.45, 2.75) is 11.3 Å². The number of carbonyl (C=O) groups excluding carboxylic acids is 1. The summed E-state index contributed by atoms with van der Waals surface area (Å²) in [5.41, 5.74) is 1.88. The highest BCUT2D eigenvalue weighted by molar-refractivity contribution is 7.90. The van der Waals surface area contributed by atoms with Gasteiger partial charge in [-0.25, -0.2) is 8.42 Å². The molecule has 0 unspecified atom stereocenters. The average Bonchev–Trinajstić information content (AvgIpc) is 2.93. The lowest BCUT2D eigenvalue weighted by Crippen LogP contribution is -2.23. The number of nitrogens with zero attached hydrogens (tertiary/aromatic N) is 2. The predicted molar refractivity (Wildman–Crippen MR) is 103 cm³/mol. The number of rotatable bonds is 4. The fraction of sp³-hybridized carbons (Fsp3) is 0.105. The van der Waals surface area contributed by atoms with Crippen molar-refractivity contribution in [2.75, 3.05) is 11.9 Å². The van der Waals surface area contributed by atoms with E-state index in [2.05, 4.69) is 20.0 Å². The van der Waals surface area contributed by atoms with Crippen LogP contribution in [0.2, 0.25) is 0 Å². The summed E-state index contributed by atoms with van der Waals surface area (Å²) in [5.74, 6) is 0.0527. The van der Waals surface area contributed by atoms with Gasteiger partial charge in [-0.3, -0.25) is 19.5 Å². The fourth-order valence-corrected chi connectivity index (χ4v) is 4.19. The van der Waals surface area contributed by atoms with Gasteiger partial charge in [0.05, 0.1) is 22.6 Å². The van der Waals surface area contributed by atoms with Crippen LogP contribution in [0.15, 0.2) is 70.7 Å². The molecule has 0 aliphatic carbocycles. The Balaban J connectivity index is 1.45. The number of aliphatic imine (C=N–C) groups is 1. The number of para-hydroxylation sites is 1. The highest BCUT2D eigenvalue weighted by atomic mass is 32.2. The molecule has 4 rings (SSSR count). The number of nitrogens with one attached hydrogen (secondary N) is 2. The summed E-state index contributed by atoms with van der Waals surface area (Å²) < 4.78 is 26.5. The number of aromatic nitrogens is 1. The van der Waals surface area contributed by atoms with Gasteiger partial charge in [0.15, 0.2) is 0 Å². The molecule has 2 N–H and O–H groups in total. The molecule has 0 saturated heterocycles. The largest absolute Gasteiger partial charge is 0.324 e. The van der Waals surface area contributed by atoms with Crippen LogP contribution in [0.3, 0.4) is 0 Å². The zero-order valence-corrected chi connectivity index (χ0v) is 15.0. The van der Waals surface area contributed by atoms with Gasteiger partial charge in [0, 0.05) is 23.6 Å². The normalized spacial score (nSPS) is 16.1. The SMILES string of the molecule is O=C(CCN=C1NS(=O)(=O)c2ccccc21)Nc1cccc2cccnc12. The number of hydrogen-bond donors (Lipinski definition) is 2. The minimum absolute atomic E-state index is 0.122. The molecule has 0 radical (unpaired) electrons. The summed E-state index contributed by atoms with van der Waals surface area (Å²) in [6.07, 6.45) is 1.80. The fourth-order valence-electron chi connectivity index (χ4n) is 2.94. The Hall–Kier alpha value is -3.26. The molecule has 1 amide bonds. The number of sulfonamides is 1. The summed E-state index contributed by atoms with van der Waals surface area (Å²) >= 11 is 0. The number of carbonyl (C=O) groups is 1. The molecule has 1 aliphatic rings. The molecule has 2 aromatic carbocycles. The second-order valence-corrected chi connectivity index (χ2v) is 7.66. The molecule has 0 fully saturated rings. The summed E-state index contributed by atoms with van der Waals surface area (Å²) in [6.45, 7) is 0.163. The molecule has 8 heteroatoms. The quantitative estimate of drug-likeness (QED) is 0.725. The van der Waals surface area contributed by atoms with Gasteiger partial charge in [-0.1, -0.05) is 30.3 Å². The van der Waals surface area contributed by atoms with Crippen molar-refractivity contribution in [3.8, 4) is 0 Å². The number of pyridine rings is 1. The summed E-state index contributed by atoms with van der Waals surface area (Å²) in [6, 6.07) is 16.0. The Morgan fingerprint density at radius 3 is 2.78 bits per heavy atom. The summed E-state index contributed by atoms with van der Waals surface area (Å²) in [7, 11) is -3.57. The standard InChI is InChI=1S/C19H16N4O3S/c24-17(22-15-8-3-5-13-6-4-11-20-18(13)15)10-12-21-19-14-7-1-2-9-16(14)27(25,26)23-19/h1-9,11H,10,12H2,(H,21,23)(H,22,24). The predicted octanol–water partition coefficient (Wildman–Crippen LogP) is 2.30. The number of benzene rings is 2. The maximum atomic E-state index is 12.3. The second-order valence-electron chi connectivity index (χ2n) is 6.01. The number of amides is 1. The molecule has 0 saturated carbocycles. The van der Waals surface area contributed by atoms with Gasteiger partial charge in [-0.15, -0.1) is 0 Å². The van der Waals surface area contributed by atoms with Gasteiger partial charge in [0.2, 0.25) is 5.91 Å². The third kappa shape index (κ3) is 3.39. The lowest BCUT2D eigenvalue weighted by molar-refractivity contribution is -0.116. The van der Waals surface area contributed by atoms with Crippen LogP contribution >= 0.6 is 0 Å². The Morgan fingerprint density at radius 1 is 1.07 bits per heavy atom. The topological polar surface area (TPSA) is 101 Å². The molecule has 0 atom stereocenters. The van der Waals surface area contributed by atoms with Crippen LogP contribution in [0, 0.1) is 0 Å². The van der Waals surface area contributed by atoms with Crippen molar-refractivity contribution in [1.82, 2.24) is 9.71 Å². The van der Waals surface area contributed by atoms with Crippen molar-refractivity contribution in [2.24, 2.45) is 4.99 Å². The van der Waals surface area contributed by atoms with Gasteiger partial charge >= 0.3 is 0 Å². The van der Waals surface area contributed by atoms with Gasteiger partial charge in [-0.05, 0) is 24.3 Å². The van der Waals surface area contributed by atoms with Crippen LogP contribution in [0.1, 0.15) is 12.0 Å². The molecule has 7 nitrogen and oxygen atoms in total. The van der Waals surface area contributed by atoms with Crippen LogP contribution < -0.4 is 10.0 Å². The molecular formula is C19H16N4O3S. The van der Waals surface area contributed by atoms with E-state index in [0.29, 0.717) is 11.3 Å². The first-order chi connectivity index (χ1) is 13.0. The second kappa shape index (κ2) is 6.81. The van der Waals surface area contributed by atoms with Crippen molar-refractivity contribution in [1.29, 1.82) is 0 Å². The third-order valence-corrected chi connectivity index (χ3v) is 5.58. The lowest BCUT2D eigenvalue weighted by atomic mass is 10.2. The Labute approximate surface area is 156 Å². The molecule has 27 heavy (non-hydrogen) atoms. The van der Waals surface area contributed by atoms with E-state index in [4.69, 9.17) is 0 Å². The maximum Gasteiger partial charge on any atom is 0.263 e. The lowest BCUT2D eigenvalue weighted by Gasteiger charge is -2.07. The number of amidine groups is 1. The number of hydrogen-bond acceptors (Lipinski definition) is 5. The third-order valence-electron chi connectivity index (χ3n) is 4.18. The Morgan fingerprint density at radius 2 is 1.89 bits per heavy atom. The smallest absolute Gasteiger partial charge is 0.263 e. The minimum Gasteiger partial charge on any atom is -0.324 e. The molecule has 3 aromatic rings.